The Morgan fingerprint density at radius 3 is 3.00 bits per heavy atom. The van der Waals surface area contributed by atoms with Gasteiger partial charge in [0.25, 0.3) is 0 Å². The standard InChI is InChI=1S/C27H32N4OS/c1-19(22-7-4-8-24(14-22)32-17-21-6-5-13-30(3)16-21)31-20(2)28-12-11-26(31)23-9-10-25-27(15-23)33-18-29-25/h4,7-12,14-15,18-21H,5-6,13,16-17H2,1-3H3. The SMILES string of the molecule is CC1N=CC=C(c2ccc3ncsc3c2)N1C(C)c1cccc(OCC2CCCN(C)C2)c1. The molecular weight excluding hydrogens is 428 g/mol. The molecule has 3 aromatic rings. The van der Waals surface area contributed by atoms with Crippen LogP contribution in [0.1, 0.15) is 43.9 Å². The largest absolute Gasteiger partial charge is 0.493 e. The van der Waals surface area contributed by atoms with Crippen molar-refractivity contribution < 1.29 is 4.74 Å². The van der Waals surface area contributed by atoms with E-state index < -0.39 is 0 Å². The van der Waals surface area contributed by atoms with Crippen LogP contribution in [0.3, 0.4) is 0 Å². The molecule has 6 heteroatoms. The van der Waals surface area contributed by atoms with Gasteiger partial charge in [0.15, 0.2) is 0 Å². The molecule has 0 radical (unpaired) electrons. The Labute approximate surface area is 200 Å². The first-order chi connectivity index (χ1) is 16.1. The number of allylic oxidation sites excluding steroid dienone is 1. The highest BCUT2D eigenvalue weighted by atomic mass is 32.1. The molecular formula is C27H32N4OS. The predicted octanol–water partition coefficient (Wildman–Crippen LogP) is 5.85. The summed E-state index contributed by atoms with van der Waals surface area (Å²) in [5, 5.41) is 0. The number of hydrogen-bond acceptors (Lipinski definition) is 6. The molecule has 0 spiro atoms. The van der Waals surface area contributed by atoms with Crippen LogP contribution < -0.4 is 4.74 Å². The first-order valence-corrected chi connectivity index (χ1v) is 12.7. The molecule has 1 fully saturated rings. The predicted molar refractivity (Wildman–Crippen MR) is 138 cm³/mol. The van der Waals surface area contributed by atoms with Gasteiger partial charge >= 0.3 is 0 Å². The van der Waals surface area contributed by atoms with Crippen molar-refractivity contribution in [3.63, 3.8) is 0 Å². The lowest BCUT2D eigenvalue weighted by atomic mass is 9.99. The van der Waals surface area contributed by atoms with Gasteiger partial charge in [0, 0.05) is 24.4 Å². The lowest BCUT2D eigenvalue weighted by Gasteiger charge is -2.38. The summed E-state index contributed by atoms with van der Waals surface area (Å²) in [5.74, 6) is 1.56. The fourth-order valence-corrected chi connectivity index (χ4v) is 5.75. The third kappa shape index (κ3) is 4.82. The average molecular weight is 461 g/mol. The number of benzene rings is 2. The number of thiazole rings is 1. The third-order valence-corrected chi connectivity index (χ3v) is 7.60. The maximum Gasteiger partial charge on any atom is 0.119 e. The Hall–Kier alpha value is -2.70. The molecule has 0 bridgehead atoms. The number of fused-ring (bicyclic) bond motifs is 1. The zero-order valence-electron chi connectivity index (χ0n) is 19.6. The first-order valence-electron chi connectivity index (χ1n) is 11.9. The second kappa shape index (κ2) is 9.65. The van der Waals surface area contributed by atoms with Crippen LogP contribution in [-0.4, -0.2) is 53.9 Å². The molecule has 0 N–H and O–H groups in total. The minimum Gasteiger partial charge on any atom is -0.493 e. The van der Waals surface area contributed by atoms with E-state index in [2.05, 4.69) is 84.2 Å². The van der Waals surface area contributed by atoms with Crippen molar-refractivity contribution in [1.82, 2.24) is 14.8 Å². The minimum atomic E-state index is 0.0551. The monoisotopic (exact) mass is 460 g/mol. The highest BCUT2D eigenvalue weighted by molar-refractivity contribution is 7.16. The summed E-state index contributed by atoms with van der Waals surface area (Å²) in [6.07, 6.45) is 6.62. The van der Waals surface area contributed by atoms with Crippen molar-refractivity contribution in [3.8, 4) is 5.75 Å². The fraction of sp³-hybridized carbons (Fsp3) is 0.407. The van der Waals surface area contributed by atoms with Crippen LogP contribution in [0.4, 0.5) is 0 Å². The number of aliphatic imine (C=N–C) groups is 1. The van der Waals surface area contributed by atoms with Crippen molar-refractivity contribution >= 4 is 33.5 Å². The van der Waals surface area contributed by atoms with Gasteiger partial charge in [0.1, 0.15) is 11.9 Å². The lowest BCUT2D eigenvalue weighted by molar-refractivity contribution is 0.150. The summed E-state index contributed by atoms with van der Waals surface area (Å²) in [6, 6.07) is 15.3. The van der Waals surface area contributed by atoms with Crippen LogP contribution in [0.15, 0.2) is 59.0 Å². The van der Waals surface area contributed by atoms with E-state index in [1.165, 1.54) is 40.9 Å². The van der Waals surface area contributed by atoms with Gasteiger partial charge in [-0.15, -0.1) is 11.3 Å². The maximum atomic E-state index is 6.25. The summed E-state index contributed by atoms with van der Waals surface area (Å²) in [4.78, 5) is 13.9. The normalized spacial score (nSPS) is 22.4. The highest BCUT2D eigenvalue weighted by Crippen LogP contribution is 2.36. The molecule has 2 aliphatic rings. The van der Waals surface area contributed by atoms with Crippen molar-refractivity contribution in [2.24, 2.45) is 10.9 Å². The maximum absolute atomic E-state index is 6.25. The molecule has 2 aliphatic heterocycles. The molecule has 3 heterocycles. The summed E-state index contributed by atoms with van der Waals surface area (Å²) < 4.78 is 7.46. The molecule has 33 heavy (non-hydrogen) atoms. The summed E-state index contributed by atoms with van der Waals surface area (Å²) in [6.45, 7) is 7.52. The summed E-state index contributed by atoms with van der Waals surface area (Å²) in [5.41, 5.74) is 6.59. The molecule has 1 aromatic heterocycles. The van der Waals surface area contributed by atoms with E-state index in [-0.39, 0.29) is 12.2 Å². The van der Waals surface area contributed by atoms with Gasteiger partial charge in [-0.05, 0) is 81.7 Å². The molecule has 5 nitrogen and oxygen atoms in total. The summed E-state index contributed by atoms with van der Waals surface area (Å²) in [7, 11) is 2.20. The van der Waals surface area contributed by atoms with Crippen LogP contribution in [0.2, 0.25) is 0 Å². The van der Waals surface area contributed by atoms with Gasteiger partial charge in [0.05, 0.1) is 28.4 Å². The number of ether oxygens (including phenoxy) is 1. The molecule has 3 unspecified atom stereocenters. The van der Waals surface area contributed by atoms with Crippen molar-refractivity contribution in [3.05, 3.63) is 65.2 Å². The molecule has 1 saturated heterocycles. The Kier molecular flexibility index (Phi) is 6.47. The van der Waals surface area contributed by atoms with Crippen LogP contribution >= 0.6 is 11.3 Å². The van der Waals surface area contributed by atoms with Gasteiger partial charge in [-0.3, -0.25) is 4.99 Å². The van der Waals surface area contributed by atoms with E-state index in [9.17, 15) is 0 Å². The van der Waals surface area contributed by atoms with E-state index >= 15 is 0 Å². The van der Waals surface area contributed by atoms with Gasteiger partial charge < -0.3 is 14.5 Å². The number of aromatic nitrogens is 1. The van der Waals surface area contributed by atoms with Crippen molar-refractivity contribution in [2.75, 3.05) is 26.7 Å². The van der Waals surface area contributed by atoms with Gasteiger partial charge in [-0.1, -0.05) is 18.2 Å². The van der Waals surface area contributed by atoms with E-state index in [0.29, 0.717) is 5.92 Å². The summed E-state index contributed by atoms with van der Waals surface area (Å²) >= 11 is 1.68. The number of rotatable bonds is 6. The van der Waals surface area contributed by atoms with Gasteiger partial charge in [0.2, 0.25) is 0 Å². The number of likely N-dealkylation sites (tertiary alicyclic amines) is 1. The molecule has 0 aliphatic carbocycles. The first kappa shape index (κ1) is 22.1. The van der Waals surface area contributed by atoms with E-state index in [1.54, 1.807) is 11.3 Å². The smallest absolute Gasteiger partial charge is 0.119 e. The minimum absolute atomic E-state index is 0.0551. The van der Waals surface area contributed by atoms with Crippen LogP contribution in [0.25, 0.3) is 15.9 Å². The second-order valence-electron chi connectivity index (χ2n) is 9.25. The zero-order valence-corrected chi connectivity index (χ0v) is 20.5. The molecule has 3 atom stereocenters. The molecule has 2 aromatic carbocycles. The fourth-order valence-electron chi connectivity index (χ4n) is 5.04. The lowest BCUT2D eigenvalue weighted by Crippen LogP contribution is -2.35. The number of nitrogens with zero attached hydrogens (tertiary/aromatic N) is 4. The molecule has 5 rings (SSSR count). The number of piperidine rings is 1. The topological polar surface area (TPSA) is 41.0 Å². The van der Waals surface area contributed by atoms with Crippen LogP contribution in [-0.2, 0) is 0 Å². The van der Waals surface area contributed by atoms with Gasteiger partial charge in [-0.25, -0.2) is 4.98 Å². The Morgan fingerprint density at radius 2 is 2.12 bits per heavy atom. The quantitative estimate of drug-likeness (QED) is 0.463. The van der Waals surface area contributed by atoms with Crippen molar-refractivity contribution in [2.45, 2.75) is 38.9 Å². The zero-order chi connectivity index (χ0) is 22.8. The molecule has 172 valence electrons. The third-order valence-electron chi connectivity index (χ3n) is 6.81. The van der Waals surface area contributed by atoms with E-state index in [1.807, 2.05) is 11.7 Å². The van der Waals surface area contributed by atoms with Gasteiger partial charge in [-0.2, -0.15) is 0 Å². The molecule has 0 saturated carbocycles. The second-order valence-corrected chi connectivity index (χ2v) is 10.1. The van der Waals surface area contributed by atoms with E-state index in [4.69, 9.17) is 9.73 Å². The Balaban J connectivity index is 1.35. The van der Waals surface area contributed by atoms with Crippen molar-refractivity contribution in [1.29, 1.82) is 0 Å². The Morgan fingerprint density at radius 1 is 1.21 bits per heavy atom. The van der Waals surface area contributed by atoms with E-state index in [0.717, 1.165) is 24.4 Å². The van der Waals surface area contributed by atoms with Crippen LogP contribution in [0.5, 0.6) is 5.75 Å². The highest BCUT2D eigenvalue weighted by Gasteiger charge is 2.26. The average Bonchev–Trinajstić information content (AvgIpc) is 3.30. The Bertz CT molecular complexity index is 1170. The molecule has 0 amide bonds. The van der Waals surface area contributed by atoms with Crippen LogP contribution in [0, 0.1) is 5.92 Å². The number of hydrogen-bond donors (Lipinski definition) is 0.